The van der Waals surface area contributed by atoms with Crippen molar-refractivity contribution in [3.63, 3.8) is 0 Å². The molecule has 4 saturated carbocycles. The number of nitrogens with one attached hydrogen (secondary N) is 2. The van der Waals surface area contributed by atoms with Crippen LogP contribution < -0.4 is 10.0 Å². The van der Waals surface area contributed by atoms with Crippen LogP contribution in [0.25, 0.3) is 11.1 Å². The summed E-state index contributed by atoms with van der Waals surface area (Å²) >= 11 is 0. The van der Waals surface area contributed by atoms with E-state index in [1.807, 2.05) is 31.2 Å². The van der Waals surface area contributed by atoms with Crippen molar-refractivity contribution < 1.29 is 18.1 Å². The van der Waals surface area contributed by atoms with Crippen molar-refractivity contribution in [3.8, 4) is 11.1 Å². The normalized spacial score (nSPS) is 25.0. The Morgan fingerprint density at radius 3 is 2.00 bits per heavy atom. The molecule has 0 heterocycles. The van der Waals surface area contributed by atoms with Gasteiger partial charge in [0.1, 0.15) is 5.69 Å². The van der Waals surface area contributed by atoms with Gasteiger partial charge < -0.3 is 5.32 Å². The lowest BCUT2D eigenvalue weighted by Crippen LogP contribution is -2.49. The zero-order valence-electron chi connectivity index (χ0n) is 22.4. The van der Waals surface area contributed by atoms with E-state index in [9.17, 15) is 23.3 Å². The lowest BCUT2D eigenvalue weighted by molar-refractivity contribution is -0.384. The number of nitro benzene ring substituents is 1. The average Bonchev–Trinajstić information content (AvgIpc) is 2.91. The third-order valence-electron chi connectivity index (χ3n) is 9.05. The molecule has 2 N–H and O–H groups in total. The van der Waals surface area contributed by atoms with Crippen molar-refractivity contribution in [1.82, 2.24) is 4.72 Å². The van der Waals surface area contributed by atoms with Gasteiger partial charge in [-0.15, -0.1) is 0 Å². The van der Waals surface area contributed by atoms with Crippen LogP contribution in [0.4, 0.5) is 11.4 Å². The van der Waals surface area contributed by atoms with Crippen molar-refractivity contribution in [2.45, 2.75) is 50.3 Å². The Morgan fingerprint density at radius 1 is 0.900 bits per heavy atom. The monoisotopic (exact) mass is 559 g/mol. The van der Waals surface area contributed by atoms with E-state index < -0.39 is 20.9 Å². The molecule has 4 aliphatic carbocycles. The van der Waals surface area contributed by atoms with Gasteiger partial charge in [-0.1, -0.05) is 42.0 Å². The maximum absolute atomic E-state index is 13.0. The first-order valence-corrected chi connectivity index (χ1v) is 15.3. The van der Waals surface area contributed by atoms with E-state index in [0.29, 0.717) is 12.2 Å². The number of hydrogen-bond donors (Lipinski definition) is 2. The van der Waals surface area contributed by atoms with Gasteiger partial charge in [-0.3, -0.25) is 14.9 Å². The molecule has 0 aliphatic heterocycles. The van der Waals surface area contributed by atoms with Crippen LogP contribution in [0.5, 0.6) is 0 Å². The van der Waals surface area contributed by atoms with E-state index in [1.54, 1.807) is 24.3 Å². The maximum atomic E-state index is 13.0. The van der Waals surface area contributed by atoms with E-state index in [1.165, 1.54) is 31.4 Å². The fourth-order valence-electron chi connectivity index (χ4n) is 7.57. The van der Waals surface area contributed by atoms with E-state index >= 15 is 0 Å². The molecule has 4 aliphatic rings. The zero-order chi connectivity index (χ0) is 28.1. The predicted octanol–water partition coefficient (Wildman–Crippen LogP) is 6.32. The summed E-state index contributed by atoms with van der Waals surface area (Å²) < 4.78 is 28.1. The smallest absolute Gasteiger partial charge is 0.293 e. The first-order valence-electron chi connectivity index (χ1n) is 13.9. The number of hydrogen-bond acceptors (Lipinski definition) is 6. The SMILES string of the molecule is Cc1ccc(-c2ccc(C(=O)NS(=O)(=O)c3ccc(NCC45CC6CC(CC(C6)C4)C5)c([N+](=O)[O-])c3)cc2)cc1. The summed E-state index contributed by atoms with van der Waals surface area (Å²) in [5, 5.41) is 15.2. The van der Waals surface area contributed by atoms with Crippen molar-refractivity contribution in [1.29, 1.82) is 0 Å². The molecule has 8 nitrogen and oxygen atoms in total. The first kappa shape index (κ1) is 26.5. The molecule has 4 bridgehead atoms. The molecular formula is C31H33N3O5S. The highest BCUT2D eigenvalue weighted by Crippen LogP contribution is 2.60. The number of amides is 1. The molecule has 0 saturated heterocycles. The summed E-state index contributed by atoms with van der Waals surface area (Å²) in [6.45, 7) is 2.65. The van der Waals surface area contributed by atoms with Crippen LogP contribution in [-0.4, -0.2) is 25.8 Å². The summed E-state index contributed by atoms with van der Waals surface area (Å²) in [6, 6.07) is 18.3. The molecule has 0 unspecified atom stereocenters. The molecule has 7 rings (SSSR count). The largest absolute Gasteiger partial charge is 0.379 e. The van der Waals surface area contributed by atoms with Gasteiger partial charge in [-0.25, -0.2) is 13.1 Å². The van der Waals surface area contributed by atoms with E-state index in [4.69, 9.17) is 0 Å². The highest BCUT2D eigenvalue weighted by atomic mass is 32.2. The topological polar surface area (TPSA) is 118 Å². The Kier molecular flexibility index (Phi) is 6.65. The second-order valence-corrected chi connectivity index (χ2v) is 13.8. The molecule has 0 spiro atoms. The average molecular weight is 560 g/mol. The van der Waals surface area contributed by atoms with Gasteiger partial charge in [0.25, 0.3) is 21.6 Å². The number of carbonyl (C=O) groups is 1. The van der Waals surface area contributed by atoms with Crippen LogP contribution in [-0.2, 0) is 10.0 Å². The van der Waals surface area contributed by atoms with Crippen molar-refractivity contribution in [2.75, 3.05) is 11.9 Å². The molecule has 3 aromatic carbocycles. The number of benzene rings is 3. The third-order valence-corrected chi connectivity index (χ3v) is 10.4. The number of nitrogens with zero attached hydrogens (tertiary/aromatic N) is 1. The lowest BCUT2D eigenvalue weighted by atomic mass is 9.49. The quantitative estimate of drug-likeness (QED) is 0.246. The molecule has 0 atom stereocenters. The van der Waals surface area contributed by atoms with Crippen molar-refractivity contribution >= 4 is 27.3 Å². The zero-order valence-corrected chi connectivity index (χ0v) is 23.2. The minimum Gasteiger partial charge on any atom is -0.379 e. The fourth-order valence-corrected chi connectivity index (χ4v) is 8.56. The molecule has 1 amide bonds. The van der Waals surface area contributed by atoms with Gasteiger partial charge in [0.2, 0.25) is 0 Å². The molecule has 0 aromatic heterocycles. The summed E-state index contributed by atoms with van der Waals surface area (Å²) in [5.74, 6) is 1.48. The molecule has 9 heteroatoms. The molecule has 0 radical (unpaired) electrons. The minimum atomic E-state index is -4.33. The molecular weight excluding hydrogens is 526 g/mol. The van der Waals surface area contributed by atoms with Gasteiger partial charge in [0.05, 0.1) is 9.82 Å². The standard InChI is InChI=1S/C31H33N3O5S/c1-20-2-4-24(5-3-20)25-6-8-26(9-7-25)30(35)33-40(38,39)27-10-11-28(29(15-27)34(36)37)32-19-31-16-21-12-22(17-31)14-23(13-21)18-31/h2-11,15,21-23,32H,12-14,16-19H2,1H3,(H,33,35). The molecule has 208 valence electrons. The van der Waals surface area contributed by atoms with Crippen molar-refractivity contribution in [3.05, 3.63) is 88.0 Å². The summed E-state index contributed by atoms with van der Waals surface area (Å²) in [7, 11) is -4.33. The lowest BCUT2D eigenvalue weighted by Gasteiger charge is -2.57. The van der Waals surface area contributed by atoms with Gasteiger partial charge in [0, 0.05) is 18.2 Å². The Bertz CT molecular complexity index is 1530. The second-order valence-electron chi connectivity index (χ2n) is 12.1. The van der Waals surface area contributed by atoms with Crippen LogP contribution in [0.2, 0.25) is 0 Å². The summed E-state index contributed by atoms with van der Waals surface area (Å²) in [4.78, 5) is 23.8. The Labute approximate surface area is 234 Å². The number of sulfonamides is 1. The highest BCUT2D eigenvalue weighted by molar-refractivity contribution is 7.90. The third kappa shape index (κ3) is 5.22. The van der Waals surface area contributed by atoms with Gasteiger partial charge >= 0.3 is 0 Å². The number of carbonyl (C=O) groups excluding carboxylic acids is 1. The Hall–Kier alpha value is -3.72. The first-order chi connectivity index (χ1) is 19.1. The van der Waals surface area contributed by atoms with Gasteiger partial charge in [-0.05, 0) is 104 Å². The summed E-state index contributed by atoms with van der Waals surface area (Å²) in [5.41, 5.74) is 3.33. The highest BCUT2D eigenvalue weighted by Gasteiger charge is 2.50. The second kappa shape index (κ2) is 10.0. The van der Waals surface area contributed by atoms with Gasteiger partial charge in [0.15, 0.2) is 0 Å². The molecule has 4 fully saturated rings. The fraction of sp³-hybridized carbons (Fsp3) is 0.387. The number of anilines is 1. The van der Waals surface area contributed by atoms with Crippen LogP contribution in [0, 0.1) is 40.2 Å². The van der Waals surface area contributed by atoms with Crippen LogP contribution in [0.3, 0.4) is 0 Å². The van der Waals surface area contributed by atoms with Crippen LogP contribution in [0.15, 0.2) is 71.6 Å². The number of aryl methyl sites for hydroxylation is 1. The Morgan fingerprint density at radius 2 is 1.45 bits per heavy atom. The number of rotatable bonds is 8. The number of nitro groups is 1. The minimum absolute atomic E-state index is 0.163. The predicted molar refractivity (Wildman–Crippen MR) is 153 cm³/mol. The van der Waals surface area contributed by atoms with Crippen LogP contribution in [0.1, 0.15) is 54.4 Å². The Balaban J connectivity index is 1.16. The summed E-state index contributed by atoms with van der Waals surface area (Å²) in [6.07, 6.45) is 7.41. The molecule has 40 heavy (non-hydrogen) atoms. The van der Waals surface area contributed by atoms with Crippen LogP contribution >= 0.6 is 0 Å². The molecule has 3 aromatic rings. The van der Waals surface area contributed by atoms with Crippen molar-refractivity contribution in [2.24, 2.45) is 23.2 Å². The van der Waals surface area contributed by atoms with E-state index in [-0.39, 0.29) is 21.6 Å². The van der Waals surface area contributed by atoms with E-state index in [0.717, 1.165) is 59.8 Å². The van der Waals surface area contributed by atoms with E-state index in [2.05, 4.69) is 10.0 Å². The maximum Gasteiger partial charge on any atom is 0.293 e. The van der Waals surface area contributed by atoms with Gasteiger partial charge in [-0.2, -0.15) is 0 Å².